The van der Waals surface area contributed by atoms with Gasteiger partial charge in [-0.05, 0) is 95.2 Å². The molecule has 4 amide bonds. The number of carbonyl (C=O) groups is 4. The van der Waals surface area contributed by atoms with Gasteiger partial charge in [-0.1, -0.05) is 18.2 Å². The van der Waals surface area contributed by atoms with Gasteiger partial charge in [0.25, 0.3) is 5.91 Å². The molecule has 1 saturated carbocycles. The summed E-state index contributed by atoms with van der Waals surface area (Å²) in [5.74, 6) is -2.25. The second-order valence-electron chi connectivity index (χ2n) is 15.7. The van der Waals surface area contributed by atoms with E-state index in [1.807, 2.05) is 30.0 Å². The number of hydrogen-bond donors (Lipinski definition) is 3. The van der Waals surface area contributed by atoms with Crippen molar-refractivity contribution in [2.24, 2.45) is 11.8 Å². The fourth-order valence-corrected chi connectivity index (χ4v) is 9.81. The van der Waals surface area contributed by atoms with Crippen LogP contribution in [0.25, 0.3) is 0 Å². The van der Waals surface area contributed by atoms with Crippen molar-refractivity contribution in [1.82, 2.24) is 30.7 Å². The Morgan fingerprint density at radius 3 is 2.45 bits per heavy atom. The monoisotopic (exact) mass is 754 g/mol. The predicted octanol–water partition coefficient (Wildman–Crippen LogP) is 5.60. The summed E-state index contributed by atoms with van der Waals surface area (Å²) in [5, 5.41) is 10.2. The lowest BCUT2D eigenvalue weighted by Crippen LogP contribution is -2.50. The van der Waals surface area contributed by atoms with Crippen LogP contribution in [0.5, 0.6) is 0 Å². The largest absolute Gasteiger partial charge is 0.356 e. The van der Waals surface area contributed by atoms with Crippen molar-refractivity contribution in [1.29, 1.82) is 0 Å². The summed E-state index contributed by atoms with van der Waals surface area (Å²) in [6.45, 7) is 5.86. The Balaban J connectivity index is 1.11. The van der Waals surface area contributed by atoms with E-state index < -0.39 is 5.92 Å². The van der Waals surface area contributed by atoms with Crippen molar-refractivity contribution < 1.29 is 28.0 Å². The SMILES string of the molecule is Cc1sc2nc1CC(=O)N[C@@H](CCCCNC(=O)c1ccccc1)CC(=O)NCC[C@H]1CN(C3CCC(F)(F)CC3)CC[C@H]1CC(=O)N1CCC2CC1. The van der Waals surface area contributed by atoms with E-state index in [1.165, 1.54) is 0 Å². The van der Waals surface area contributed by atoms with E-state index in [2.05, 4.69) is 20.9 Å². The molecule has 13 heteroatoms. The van der Waals surface area contributed by atoms with E-state index in [-0.39, 0.29) is 79.1 Å². The fourth-order valence-electron chi connectivity index (χ4n) is 8.70. The average molecular weight is 755 g/mol. The van der Waals surface area contributed by atoms with Crippen molar-refractivity contribution in [2.45, 2.75) is 121 Å². The summed E-state index contributed by atoms with van der Waals surface area (Å²) in [4.78, 5) is 63.2. The topological polar surface area (TPSA) is 124 Å². The fraction of sp³-hybridized carbons (Fsp3) is 0.675. The van der Waals surface area contributed by atoms with Gasteiger partial charge in [-0.3, -0.25) is 19.2 Å². The van der Waals surface area contributed by atoms with Gasteiger partial charge >= 0.3 is 0 Å². The molecule has 0 unspecified atom stereocenters. The van der Waals surface area contributed by atoms with Gasteiger partial charge in [-0.2, -0.15) is 0 Å². The quantitative estimate of drug-likeness (QED) is 0.317. The number of likely N-dealkylation sites (tertiary alicyclic amines) is 1. The van der Waals surface area contributed by atoms with Crippen LogP contribution in [0.1, 0.15) is 115 Å². The van der Waals surface area contributed by atoms with Crippen LogP contribution in [-0.4, -0.2) is 95.7 Å². The minimum Gasteiger partial charge on any atom is -0.356 e. The Morgan fingerprint density at radius 1 is 0.943 bits per heavy atom. The zero-order valence-corrected chi connectivity index (χ0v) is 31.9. The molecule has 53 heavy (non-hydrogen) atoms. The molecule has 3 N–H and O–H groups in total. The van der Waals surface area contributed by atoms with Crippen LogP contribution in [0.2, 0.25) is 0 Å². The van der Waals surface area contributed by atoms with Crippen LogP contribution in [0.3, 0.4) is 0 Å². The average Bonchev–Trinajstić information content (AvgIpc) is 3.51. The minimum absolute atomic E-state index is 0.0747. The number of nitrogens with zero attached hydrogens (tertiary/aromatic N) is 3. The molecule has 1 aromatic carbocycles. The molecule has 1 aliphatic carbocycles. The summed E-state index contributed by atoms with van der Waals surface area (Å²) < 4.78 is 28.0. The first kappa shape index (κ1) is 39.2. The molecular formula is C40H56F2N6O4S. The van der Waals surface area contributed by atoms with Crippen molar-refractivity contribution in [3.63, 3.8) is 0 Å². The molecule has 10 nitrogen and oxygen atoms in total. The number of carbonyl (C=O) groups excluding carboxylic acids is 4. The van der Waals surface area contributed by atoms with E-state index >= 15 is 0 Å². The molecule has 4 aliphatic heterocycles. The van der Waals surface area contributed by atoms with Crippen molar-refractivity contribution in [3.8, 4) is 0 Å². The molecule has 3 fully saturated rings. The smallest absolute Gasteiger partial charge is 0.251 e. The van der Waals surface area contributed by atoms with E-state index in [9.17, 15) is 28.0 Å². The molecule has 7 rings (SSSR count). The lowest BCUT2D eigenvalue weighted by Gasteiger charge is -2.45. The number of alkyl halides is 2. The summed E-state index contributed by atoms with van der Waals surface area (Å²) in [6, 6.07) is 8.82. The molecule has 2 aromatic rings. The standard InChI is InChI=1S/C40H56F2N6O4S/c1-27-34-25-36(50)45-32(9-5-6-18-44-38(52)28-7-3-2-4-8-28)24-35(49)43-19-12-31-26-48(33-10-16-40(41,42)17-11-33)22-15-30(31)23-37(51)47-20-13-29(14-21-47)39(46-34)53-27/h2-4,7-8,29-33H,5-6,9-26H2,1H3,(H,43,49)(H,44,52)(H,45,50)/t30-,31-,32-/m0/s1. The maximum atomic E-state index is 14.0. The molecule has 1 aromatic heterocycles. The number of piperidine rings is 2. The number of halogens is 2. The van der Waals surface area contributed by atoms with Gasteiger partial charge in [0.1, 0.15) is 0 Å². The van der Waals surface area contributed by atoms with Crippen LogP contribution < -0.4 is 16.0 Å². The van der Waals surface area contributed by atoms with E-state index in [4.69, 9.17) is 4.98 Å². The lowest BCUT2D eigenvalue weighted by molar-refractivity contribution is -0.134. The zero-order valence-electron chi connectivity index (χ0n) is 31.1. The third kappa shape index (κ3) is 11.1. The number of nitrogens with one attached hydrogen (secondary N) is 3. The number of aryl methyl sites for hydroxylation is 1. The van der Waals surface area contributed by atoms with Crippen molar-refractivity contribution in [3.05, 3.63) is 51.5 Å². The maximum absolute atomic E-state index is 14.0. The normalized spacial score (nSPS) is 25.7. The number of thiazole rings is 1. The predicted molar refractivity (Wildman–Crippen MR) is 201 cm³/mol. The number of benzene rings is 1. The summed E-state index contributed by atoms with van der Waals surface area (Å²) in [7, 11) is 0. The third-order valence-electron chi connectivity index (χ3n) is 11.9. The van der Waals surface area contributed by atoms with Gasteiger partial charge in [-0.25, -0.2) is 13.8 Å². The van der Waals surface area contributed by atoms with Crippen LogP contribution in [0.15, 0.2) is 30.3 Å². The van der Waals surface area contributed by atoms with Crippen molar-refractivity contribution in [2.75, 3.05) is 39.3 Å². The first-order chi connectivity index (χ1) is 25.5. The Hall–Kier alpha value is -3.45. The first-order valence-electron chi connectivity index (χ1n) is 19.8. The number of unbranched alkanes of at least 4 members (excludes halogenated alkanes) is 1. The van der Waals surface area contributed by atoms with Crippen LogP contribution in [-0.2, 0) is 20.8 Å². The molecule has 5 aliphatic rings. The summed E-state index contributed by atoms with van der Waals surface area (Å²) in [6.07, 6.45) is 6.82. The van der Waals surface area contributed by atoms with Crippen molar-refractivity contribution >= 4 is 35.0 Å². The second-order valence-corrected chi connectivity index (χ2v) is 16.9. The Bertz CT molecular complexity index is 1560. The summed E-state index contributed by atoms with van der Waals surface area (Å²) in [5.41, 5.74) is 1.37. The van der Waals surface area contributed by atoms with E-state index in [0.29, 0.717) is 76.7 Å². The van der Waals surface area contributed by atoms with Gasteiger partial charge in [0.05, 0.1) is 17.1 Å². The maximum Gasteiger partial charge on any atom is 0.251 e. The Morgan fingerprint density at radius 2 is 1.70 bits per heavy atom. The zero-order chi connectivity index (χ0) is 37.4. The Labute approximate surface area is 316 Å². The van der Waals surface area contributed by atoms with Gasteiger partial charge in [0.15, 0.2) is 0 Å². The van der Waals surface area contributed by atoms with Crippen LogP contribution in [0, 0.1) is 18.8 Å². The third-order valence-corrected chi connectivity index (χ3v) is 13.1. The number of hydrogen-bond acceptors (Lipinski definition) is 7. The Kier molecular flexibility index (Phi) is 13.5. The van der Waals surface area contributed by atoms with Gasteiger partial charge in [-0.15, -0.1) is 11.3 Å². The second kappa shape index (κ2) is 18.3. The number of amides is 4. The molecule has 290 valence electrons. The number of rotatable bonds is 7. The highest BCUT2D eigenvalue weighted by Crippen LogP contribution is 2.39. The highest BCUT2D eigenvalue weighted by molar-refractivity contribution is 7.11. The highest BCUT2D eigenvalue weighted by Gasteiger charge is 2.40. The van der Waals surface area contributed by atoms with E-state index in [1.54, 1.807) is 23.5 Å². The molecule has 0 radical (unpaired) electrons. The van der Waals surface area contributed by atoms with Crippen LogP contribution in [0.4, 0.5) is 8.78 Å². The minimum atomic E-state index is -2.58. The molecule has 3 atom stereocenters. The molecule has 4 bridgehead atoms. The molecular weight excluding hydrogens is 699 g/mol. The highest BCUT2D eigenvalue weighted by atomic mass is 32.1. The molecule has 2 saturated heterocycles. The first-order valence-corrected chi connectivity index (χ1v) is 20.6. The van der Waals surface area contributed by atoms with E-state index in [0.717, 1.165) is 47.9 Å². The number of aromatic nitrogens is 1. The molecule has 5 heterocycles. The lowest BCUT2D eigenvalue weighted by atomic mass is 9.79. The van der Waals surface area contributed by atoms with Gasteiger partial charge < -0.3 is 25.8 Å². The van der Waals surface area contributed by atoms with Gasteiger partial charge in [0, 0.05) is 86.8 Å². The molecule has 0 spiro atoms. The van der Waals surface area contributed by atoms with Crippen LogP contribution >= 0.6 is 11.3 Å². The van der Waals surface area contributed by atoms with Gasteiger partial charge in [0.2, 0.25) is 23.6 Å². The summed E-state index contributed by atoms with van der Waals surface area (Å²) >= 11 is 1.63. The number of fused-ring (bicyclic) bond motifs is 11.